The van der Waals surface area contributed by atoms with Crippen molar-refractivity contribution in [3.05, 3.63) is 29.8 Å². The van der Waals surface area contributed by atoms with E-state index in [1.54, 1.807) is 14.2 Å². The molecule has 2 fully saturated rings. The van der Waals surface area contributed by atoms with Crippen molar-refractivity contribution in [3.8, 4) is 5.75 Å². The predicted molar refractivity (Wildman–Crippen MR) is 115 cm³/mol. The minimum absolute atomic E-state index is 0.0625. The molecule has 0 aromatic heterocycles. The summed E-state index contributed by atoms with van der Waals surface area (Å²) in [7, 11) is 3.53. The Bertz CT molecular complexity index is 753. The van der Waals surface area contributed by atoms with Crippen LogP contribution in [0.1, 0.15) is 45.6 Å². The second-order valence-corrected chi connectivity index (χ2v) is 8.96. The van der Waals surface area contributed by atoms with Crippen LogP contribution in [0.4, 0.5) is 4.79 Å². The van der Waals surface area contributed by atoms with Crippen LogP contribution in [0, 0.1) is 0 Å². The van der Waals surface area contributed by atoms with Gasteiger partial charge in [0.25, 0.3) is 0 Å². The van der Waals surface area contributed by atoms with Crippen molar-refractivity contribution < 1.29 is 14.3 Å². The fourth-order valence-electron chi connectivity index (χ4n) is 3.90. The molecule has 0 bridgehead atoms. The Kier molecular flexibility index (Phi) is 6.24. The SMILES string of the molecule is CN=C(NCC1(c2ccccc2OC)CC1)N1CCC(NC(=O)OC(C)(C)C)C1. The first-order valence-electron chi connectivity index (χ1n) is 10.3. The molecule has 1 aromatic rings. The molecule has 2 N–H and O–H groups in total. The van der Waals surface area contributed by atoms with E-state index in [9.17, 15) is 4.79 Å². The quantitative estimate of drug-likeness (QED) is 0.585. The highest BCUT2D eigenvalue weighted by Gasteiger charge is 2.46. The molecule has 1 saturated carbocycles. The van der Waals surface area contributed by atoms with Crippen molar-refractivity contribution in [2.24, 2.45) is 4.99 Å². The number of aliphatic imine (C=N–C) groups is 1. The lowest BCUT2D eigenvalue weighted by atomic mass is 9.95. The molecular formula is C22H34N4O3. The van der Waals surface area contributed by atoms with Gasteiger partial charge in [-0.3, -0.25) is 4.99 Å². The van der Waals surface area contributed by atoms with Gasteiger partial charge in [0.1, 0.15) is 11.4 Å². The van der Waals surface area contributed by atoms with Crippen molar-refractivity contribution in [3.63, 3.8) is 0 Å². The van der Waals surface area contributed by atoms with Crippen LogP contribution in [0.15, 0.2) is 29.3 Å². The van der Waals surface area contributed by atoms with Gasteiger partial charge in [-0.1, -0.05) is 18.2 Å². The summed E-state index contributed by atoms with van der Waals surface area (Å²) in [6.45, 7) is 8.00. The Balaban J connectivity index is 1.54. The number of para-hydroxylation sites is 1. The summed E-state index contributed by atoms with van der Waals surface area (Å²) in [5.74, 6) is 1.82. The van der Waals surface area contributed by atoms with Crippen molar-refractivity contribution in [2.75, 3.05) is 33.8 Å². The molecule has 2 aliphatic rings. The van der Waals surface area contributed by atoms with Gasteiger partial charge >= 0.3 is 6.09 Å². The maximum Gasteiger partial charge on any atom is 0.407 e. The number of hydrogen-bond donors (Lipinski definition) is 2. The number of ether oxygens (including phenoxy) is 2. The number of nitrogens with zero attached hydrogens (tertiary/aromatic N) is 2. The van der Waals surface area contributed by atoms with E-state index in [2.05, 4.69) is 32.7 Å². The van der Waals surface area contributed by atoms with Crippen LogP contribution in [-0.2, 0) is 10.2 Å². The highest BCUT2D eigenvalue weighted by molar-refractivity contribution is 5.80. The number of carbonyl (C=O) groups excluding carboxylic acids is 1. The van der Waals surface area contributed by atoms with Gasteiger partial charge < -0.3 is 25.0 Å². The minimum Gasteiger partial charge on any atom is -0.496 e. The number of nitrogens with one attached hydrogen (secondary N) is 2. The van der Waals surface area contributed by atoms with E-state index in [-0.39, 0.29) is 17.6 Å². The van der Waals surface area contributed by atoms with Gasteiger partial charge in [-0.15, -0.1) is 0 Å². The van der Waals surface area contributed by atoms with Crippen LogP contribution in [0.3, 0.4) is 0 Å². The number of likely N-dealkylation sites (tertiary alicyclic amines) is 1. The number of guanidine groups is 1. The van der Waals surface area contributed by atoms with Gasteiger partial charge in [-0.2, -0.15) is 0 Å². The Hall–Kier alpha value is -2.44. The zero-order valence-electron chi connectivity index (χ0n) is 18.2. The molecule has 1 unspecified atom stereocenters. The largest absolute Gasteiger partial charge is 0.496 e. The second-order valence-electron chi connectivity index (χ2n) is 8.96. The van der Waals surface area contributed by atoms with Crippen LogP contribution in [0.5, 0.6) is 5.75 Å². The minimum atomic E-state index is -0.489. The maximum absolute atomic E-state index is 12.0. The van der Waals surface area contributed by atoms with Gasteiger partial charge in [0.2, 0.25) is 0 Å². The Labute approximate surface area is 173 Å². The van der Waals surface area contributed by atoms with Gasteiger partial charge in [0.05, 0.1) is 13.2 Å². The first-order valence-corrected chi connectivity index (χ1v) is 10.3. The molecule has 160 valence electrons. The molecule has 0 radical (unpaired) electrons. The average molecular weight is 403 g/mol. The first-order chi connectivity index (χ1) is 13.8. The molecule has 7 heteroatoms. The number of methoxy groups -OCH3 is 1. The van der Waals surface area contributed by atoms with Crippen molar-refractivity contribution in [1.29, 1.82) is 0 Å². The lowest BCUT2D eigenvalue weighted by Crippen LogP contribution is -2.45. The molecule has 1 aliphatic heterocycles. The molecule has 0 spiro atoms. The lowest BCUT2D eigenvalue weighted by Gasteiger charge is -2.26. The number of amides is 1. The zero-order chi connectivity index (χ0) is 21.1. The van der Waals surface area contributed by atoms with Crippen molar-refractivity contribution >= 4 is 12.1 Å². The third-order valence-electron chi connectivity index (χ3n) is 5.54. The average Bonchev–Trinajstić information content (AvgIpc) is 3.32. The predicted octanol–water partition coefficient (Wildman–Crippen LogP) is 2.90. The van der Waals surface area contributed by atoms with Crippen molar-refractivity contribution in [2.45, 2.75) is 57.1 Å². The van der Waals surface area contributed by atoms with E-state index in [1.165, 1.54) is 5.56 Å². The van der Waals surface area contributed by atoms with E-state index in [1.807, 2.05) is 32.9 Å². The van der Waals surface area contributed by atoms with E-state index in [0.29, 0.717) is 0 Å². The number of alkyl carbamates (subject to hydrolysis) is 1. The van der Waals surface area contributed by atoms with Crippen molar-refractivity contribution in [1.82, 2.24) is 15.5 Å². The Morgan fingerprint density at radius 2 is 2.03 bits per heavy atom. The van der Waals surface area contributed by atoms with E-state index < -0.39 is 5.60 Å². The summed E-state index contributed by atoms with van der Waals surface area (Å²) in [6, 6.07) is 8.32. The summed E-state index contributed by atoms with van der Waals surface area (Å²) < 4.78 is 10.9. The van der Waals surface area contributed by atoms with Gasteiger partial charge in [-0.25, -0.2) is 4.79 Å². The fraction of sp³-hybridized carbons (Fsp3) is 0.636. The molecule has 1 amide bonds. The van der Waals surface area contributed by atoms with Crippen LogP contribution in [0.25, 0.3) is 0 Å². The van der Waals surface area contributed by atoms with Crippen LogP contribution < -0.4 is 15.4 Å². The molecule has 1 saturated heterocycles. The molecule has 1 aliphatic carbocycles. The fourth-order valence-corrected chi connectivity index (χ4v) is 3.90. The summed E-state index contributed by atoms with van der Waals surface area (Å²) >= 11 is 0. The van der Waals surface area contributed by atoms with E-state index in [4.69, 9.17) is 9.47 Å². The van der Waals surface area contributed by atoms with Gasteiger partial charge in [0, 0.05) is 37.7 Å². The van der Waals surface area contributed by atoms with Gasteiger partial charge in [-0.05, 0) is 46.1 Å². The third-order valence-corrected chi connectivity index (χ3v) is 5.54. The molecular weight excluding hydrogens is 368 g/mol. The summed E-state index contributed by atoms with van der Waals surface area (Å²) in [5.41, 5.74) is 0.879. The smallest absolute Gasteiger partial charge is 0.407 e. The first kappa shape index (κ1) is 21.3. The summed E-state index contributed by atoms with van der Waals surface area (Å²) in [4.78, 5) is 18.7. The molecule has 1 atom stereocenters. The number of rotatable bonds is 5. The lowest BCUT2D eigenvalue weighted by molar-refractivity contribution is 0.0507. The number of carbonyl (C=O) groups is 1. The van der Waals surface area contributed by atoms with Crippen LogP contribution in [-0.4, -0.2) is 62.4 Å². The molecule has 29 heavy (non-hydrogen) atoms. The van der Waals surface area contributed by atoms with Crippen LogP contribution in [0.2, 0.25) is 0 Å². The maximum atomic E-state index is 12.0. The molecule has 3 rings (SSSR count). The zero-order valence-corrected chi connectivity index (χ0v) is 18.2. The summed E-state index contributed by atoms with van der Waals surface area (Å²) in [6.07, 6.45) is 2.79. The number of hydrogen-bond acceptors (Lipinski definition) is 4. The molecule has 1 aromatic carbocycles. The third kappa shape index (κ3) is 5.34. The van der Waals surface area contributed by atoms with E-state index >= 15 is 0 Å². The molecule has 1 heterocycles. The van der Waals surface area contributed by atoms with Gasteiger partial charge in [0.15, 0.2) is 5.96 Å². The second kappa shape index (κ2) is 8.51. The summed E-state index contributed by atoms with van der Waals surface area (Å²) in [5, 5.41) is 6.52. The molecule has 7 nitrogen and oxygen atoms in total. The van der Waals surface area contributed by atoms with E-state index in [0.717, 1.165) is 50.6 Å². The highest BCUT2D eigenvalue weighted by Crippen LogP contribution is 2.50. The highest BCUT2D eigenvalue weighted by atomic mass is 16.6. The standard InChI is InChI=1S/C22H34N4O3/c1-21(2,3)29-20(27)25-16-10-13-26(14-16)19(23-4)24-15-22(11-12-22)17-8-6-7-9-18(17)28-5/h6-9,16H,10-15H2,1-5H3,(H,23,24)(H,25,27). The Morgan fingerprint density at radius 1 is 1.31 bits per heavy atom. The monoisotopic (exact) mass is 402 g/mol. The topological polar surface area (TPSA) is 75.2 Å². The number of benzene rings is 1. The van der Waals surface area contributed by atoms with Crippen LogP contribution >= 0.6 is 0 Å². The Morgan fingerprint density at radius 3 is 2.66 bits per heavy atom. The normalized spacial score (nSPS) is 20.9.